The fourth-order valence-corrected chi connectivity index (χ4v) is 4.52. The standard InChI is InChI=1S/C24H17F3N4O3S/c1-13(32)30-17-9-4-3-8-16(17)20-21(33)28-23(35-2)29-31(20)22(30)19-11-10-18(34-19)14-6-5-7-15(12-14)24(25,26)27/h3-12,22H,1-2H3/p+1/t22-/m1/s1. The Labute approximate surface area is 201 Å². The topological polar surface area (TPSA) is 83.1 Å². The first-order valence-electron chi connectivity index (χ1n) is 10.5. The summed E-state index contributed by atoms with van der Waals surface area (Å²) in [5.74, 6) is 0.0921. The molecule has 1 N–H and O–H groups in total. The smallest absolute Gasteiger partial charge is 0.416 e. The van der Waals surface area contributed by atoms with Gasteiger partial charge in [-0.3, -0.25) is 14.6 Å². The second-order valence-electron chi connectivity index (χ2n) is 7.82. The van der Waals surface area contributed by atoms with Crippen molar-refractivity contribution in [3.63, 3.8) is 0 Å². The van der Waals surface area contributed by atoms with E-state index in [0.29, 0.717) is 16.4 Å². The highest BCUT2D eigenvalue weighted by atomic mass is 32.2. The number of aromatic nitrogens is 3. The van der Waals surface area contributed by atoms with Crippen molar-refractivity contribution >= 4 is 23.4 Å². The van der Waals surface area contributed by atoms with Crippen LogP contribution in [-0.4, -0.2) is 22.2 Å². The quantitative estimate of drug-likeness (QED) is 0.328. The van der Waals surface area contributed by atoms with E-state index in [1.165, 1.54) is 46.5 Å². The first kappa shape index (κ1) is 22.9. The Kier molecular flexibility index (Phi) is 5.51. The molecule has 0 spiro atoms. The summed E-state index contributed by atoms with van der Waals surface area (Å²) in [5, 5.41) is 4.86. The number of amides is 1. The van der Waals surface area contributed by atoms with Crippen LogP contribution in [0.3, 0.4) is 0 Å². The monoisotopic (exact) mass is 499 g/mol. The van der Waals surface area contributed by atoms with Gasteiger partial charge in [-0.05, 0) is 47.3 Å². The Hall–Kier alpha value is -3.86. The Morgan fingerprint density at radius 2 is 1.91 bits per heavy atom. The zero-order chi connectivity index (χ0) is 24.9. The number of hydrogen-bond donors (Lipinski definition) is 1. The zero-order valence-electron chi connectivity index (χ0n) is 18.5. The average molecular weight is 499 g/mol. The van der Waals surface area contributed by atoms with Gasteiger partial charge in [-0.1, -0.05) is 36.0 Å². The van der Waals surface area contributed by atoms with Gasteiger partial charge in [0.15, 0.2) is 5.76 Å². The maximum atomic E-state index is 13.2. The number of benzene rings is 2. The van der Waals surface area contributed by atoms with Crippen LogP contribution < -0.4 is 15.1 Å². The summed E-state index contributed by atoms with van der Waals surface area (Å²) in [5.41, 5.74) is 0.275. The Bertz CT molecular complexity index is 1510. The molecule has 0 unspecified atom stereocenters. The van der Waals surface area contributed by atoms with E-state index in [4.69, 9.17) is 4.42 Å². The Morgan fingerprint density at radius 3 is 2.63 bits per heavy atom. The molecule has 5 rings (SSSR count). The van der Waals surface area contributed by atoms with Crippen LogP contribution in [0, 0.1) is 0 Å². The zero-order valence-corrected chi connectivity index (χ0v) is 19.3. The van der Waals surface area contributed by atoms with E-state index in [9.17, 15) is 22.8 Å². The van der Waals surface area contributed by atoms with Gasteiger partial charge in [0.25, 0.3) is 0 Å². The first-order valence-corrected chi connectivity index (χ1v) is 11.7. The van der Waals surface area contributed by atoms with Crippen LogP contribution in [-0.2, 0) is 11.0 Å². The molecule has 2 aromatic heterocycles. The average Bonchev–Trinajstić information content (AvgIpc) is 3.32. The maximum absolute atomic E-state index is 13.2. The minimum atomic E-state index is -4.50. The molecule has 0 radical (unpaired) electrons. The number of nitrogens with zero attached hydrogens (tertiary/aromatic N) is 3. The second-order valence-corrected chi connectivity index (χ2v) is 8.61. The summed E-state index contributed by atoms with van der Waals surface area (Å²) in [6.45, 7) is 1.38. The lowest BCUT2D eigenvalue weighted by Crippen LogP contribution is -2.60. The number of nitrogens with one attached hydrogen (secondary N) is 1. The SMILES string of the molecule is CSc1n[n+]2c(c(=O)[nH]1)-c1ccccc1N(C(C)=O)[C@H]2c1ccc(-c2cccc(C(F)(F)F)c2)o1. The summed E-state index contributed by atoms with van der Waals surface area (Å²) in [6.07, 6.45) is -3.72. The van der Waals surface area contributed by atoms with Gasteiger partial charge in [0.1, 0.15) is 5.76 Å². The number of furan rings is 1. The lowest BCUT2D eigenvalue weighted by atomic mass is 10.0. The number of thioether (sulfide) groups is 1. The number of aromatic amines is 1. The molecular weight excluding hydrogens is 481 g/mol. The van der Waals surface area contributed by atoms with Crippen molar-refractivity contribution in [2.75, 3.05) is 11.2 Å². The number of halogens is 3. The Morgan fingerprint density at radius 1 is 1.14 bits per heavy atom. The highest BCUT2D eigenvalue weighted by Crippen LogP contribution is 2.39. The van der Waals surface area contributed by atoms with Crippen molar-refractivity contribution in [1.29, 1.82) is 0 Å². The molecule has 11 heteroatoms. The van der Waals surface area contributed by atoms with E-state index >= 15 is 0 Å². The third-order valence-electron chi connectivity index (χ3n) is 5.65. The molecule has 35 heavy (non-hydrogen) atoms. The largest absolute Gasteiger partial charge is 0.452 e. The van der Waals surface area contributed by atoms with Gasteiger partial charge in [-0.2, -0.15) is 13.2 Å². The van der Waals surface area contributed by atoms with Crippen molar-refractivity contribution in [2.45, 2.75) is 24.4 Å². The molecule has 1 atom stereocenters. The van der Waals surface area contributed by atoms with Gasteiger partial charge in [-0.15, -0.1) is 0 Å². The van der Waals surface area contributed by atoms with Gasteiger partial charge in [-0.25, -0.2) is 4.90 Å². The fraction of sp³-hybridized carbons (Fsp3) is 0.167. The third kappa shape index (κ3) is 3.91. The van der Waals surface area contributed by atoms with Crippen LogP contribution in [0.2, 0.25) is 0 Å². The molecule has 0 bridgehead atoms. The molecular formula is C24H18F3N4O3S+. The number of fused-ring (bicyclic) bond motifs is 3. The van der Waals surface area contributed by atoms with Crippen molar-refractivity contribution in [3.05, 3.63) is 82.3 Å². The number of carbonyl (C=O) groups is 1. The molecule has 0 fully saturated rings. The number of alkyl halides is 3. The summed E-state index contributed by atoms with van der Waals surface area (Å²) in [4.78, 5) is 30.1. The van der Waals surface area contributed by atoms with Crippen LogP contribution in [0.25, 0.3) is 22.6 Å². The van der Waals surface area contributed by atoms with Crippen molar-refractivity contribution in [1.82, 2.24) is 10.1 Å². The number of anilines is 1. The van der Waals surface area contributed by atoms with Gasteiger partial charge in [0.2, 0.25) is 11.1 Å². The maximum Gasteiger partial charge on any atom is 0.416 e. The van der Waals surface area contributed by atoms with Gasteiger partial charge < -0.3 is 4.42 Å². The van der Waals surface area contributed by atoms with E-state index in [1.54, 1.807) is 36.6 Å². The predicted molar refractivity (Wildman–Crippen MR) is 123 cm³/mol. The van der Waals surface area contributed by atoms with E-state index in [0.717, 1.165) is 12.1 Å². The molecule has 3 heterocycles. The highest BCUT2D eigenvalue weighted by Gasteiger charge is 2.46. The summed E-state index contributed by atoms with van der Waals surface area (Å²) in [6, 6.07) is 14.8. The molecule has 0 aliphatic carbocycles. The van der Waals surface area contributed by atoms with E-state index < -0.39 is 23.5 Å². The van der Waals surface area contributed by atoms with Crippen LogP contribution in [0.4, 0.5) is 18.9 Å². The molecule has 1 aliphatic heterocycles. The summed E-state index contributed by atoms with van der Waals surface area (Å²) < 4.78 is 47.1. The summed E-state index contributed by atoms with van der Waals surface area (Å²) in [7, 11) is 0. The molecule has 0 saturated carbocycles. The van der Waals surface area contributed by atoms with Crippen molar-refractivity contribution in [2.24, 2.45) is 0 Å². The molecule has 178 valence electrons. The van der Waals surface area contributed by atoms with E-state index in [2.05, 4.69) is 10.1 Å². The van der Waals surface area contributed by atoms with Crippen molar-refractivity contribution < 1.29 is 27.1 Å². The Balaban J connectivity index is 1.71. The lowest BCUT2D eigenvalue weighted by molar-refractivity contribution is -0.764. The number of rotatable bonds is 3. The van der Waals surface area contributed by atoms with Crippen LogP contribution in [0.5, 0.6) is 0 Å². The van der Waals surface area contributed by atoms with Crippen LogP contribution in [0.15, 0.2) is 75.0 Å². The fourth-order valence-electron chi connectivity index (χ4n) is 4.16. The predicted octanol–water partition coefficient (Wildman–Crippen LogP) is 4.64. The molecule has 0 saturated heterocycles. The normalized spacial score (nSPS) is 15.0. The number of para-hydroxylation sites is 1. The van der Waals surface area contributed by atoms with Gasteiger partial charge in [0.05, 0.1) is 16.8 Å². The molecule has 4 aromatic rings. The lowest BCUT2D eigenvalue weighted by Gasteiger charge is -2.29. The minimum Gasteiger partial charge on any atom is -0.452 e. The van der Waals surface area contributed by atoms with Crippen LogP contribution >= 0.6 is 11.8 Å². The summed E-state index contributed by atoms with van der Waals surface area (Å²) >= 11 is 1.22. The van der Waals surface area contributed by atoms with E-state index in [1.807, 2.05) is 0 Å². The first-order chi connectivity index (χ1) is 16.7. The second kappa shape index (κ2) is 8.42. The molecule has 2 aromatic carbocycles. The van der Waals surface area contributed by atoms with E-state index in [-0.39, 0.29) is 28.7 Å². The third-order valence-corrected chi connectivity index (χ3v) is 6.22. The van der Waals surface area contributed by atoms with Crippen molar-refractivity contribution in [3.8, 4) is 22.6 Å². The molecule has 1 amide bonds. The van der Waals surface area contributed by atoms with Crippen LogP contribution in [0.1, 0.15) is 24.4 Å². The number of carbonyl (C=O) groups excluding carboxylic acids is 1. The van der Waals surface area contributed by atoms with Gasteiger partial charge >= 0.3 is 23.6 Å². The van der Waals surface area contributed by atoms with Gasteiger partial charge in [0, 0.05) is 17.6 Å². The number of hydrogen-bond acceptors (Lipinski definition) is 5. The highest BCUT2D eigenvalue weighted by molar-refractivity contribution is 7.98. The minimum absolute atomic E-state index is 0.186. The molecule has 7 nitrogen and oxygen atoms in total. The molecule has 1 aliphatic rings. The number of H-pyrrole nitrogens is 1.